The van der Waals surface area contributed by atoms with Crippen LogP contribution in [0.1, 0.15) is 98.6 Å². The topological polar surface area (TPSA) is 52.6 Å². The first-order chi connectivity index (χ1) is 22.3. The number of esters is 2. The van der Waals surface area contributed by atoms with Crippen LogP contribution in [0, 0.1) is 0 Å². The van der Waals surface area contributed by atoms with Crippen molar-refractivity contribution >= 4 is 11.9 Å². The molecule has 246 valence electrons. The van der Waals surface area contributed by atoms with Crippen LogP contribution in [0.5, 0.6) is 0 Å². The van der Waals surface area contributed by atoms with Crippen molar-refractivity contribution in [1.82, 2.24) is 0 Å². The third kappa shape index (κ3) is 14.9. The molecular weight excluding hydrogens is 568 g/mol. The summed E-state index contributed by atoms with van der Waals surface area (Å²) < 4.78 is 10.3. The zero-order valence-corrected chi connectivity index (χ0v) is 28.3. The molecule has 0 heterocycles. The van der Waals surface area contributed by atoms with Crippen LogP contribution in [0.25, 0.3) is 0 Å². The Labute approximate surface area is 277 Å². The van der Waals surface area contributed by atoms with Gasteiger partial charge in [0, 0.05) is 11.1 Å². The number of hydrogen-bond acceptors (Lipinski definition) is 4. The van der Waals surface area contributed by atoms with Crippen LogP contribution in [0.2, 0.25) is 0 Å². The van der Waals surface area contributed by atoms with Gasteiger partial charge in [-0.15, -0.1) is 0 Å². The van der Waals surface area contributed by atoms with Gasteiger partial charge in [0.25, 0.3) is 0 Å². The minimum Gasteiger partial charge on any atom is -0.462 e. The van der Waals surface area contributed by atoms with E-state index in [0.29, 0.717) is 24.4 Å². The average molecular weight is 623 g/mol. The number of carbonyl (C=O) groups excluding carboxylic acids is 2. The zero-order chi connectivity index (χ0) is 33.0. The largest absolute Gasteiger partial charge is 0.462 e. The Morgan fingerprint density at radius 3 is 0.913 bits per heavy atom. The minimum atomic E-state index is -0.288. The van der Waals surface area contributed by atoms with Crippen LogP contribution in [-0.2, 0) is 57.6 Å². The SMILES string of the molecule is C=C(C)C(=O)OCCCCCCc1ccc(CCc2ccc(CCc3ccc(CCCCCCOC(=O)C(=C)C)cc3)cc2)cc1. The molecule has 3 aromatic rings. The van der Waals surface area contributed by atoms with Crippen molar-refractivity contribution in [2.45, 2.75) is 104 Å². The molecule has 3 aromatic carbocycles. The Kier molecular flexibility index (Phi) is 16.7. The van der Waals surface area contributed by atoms with Gasteiger partial charge in [-0.1, -0.05) is 112 Å². The Morgan fingerprint density at radius 2 is 0.652 bits per heavy atom. The van der Waals surface area contributed by atoms with Gasteiger partial charge in [-0.3, -0.25) is 0 Å². The highest BCUT2D eigenvalue weighted by atomic mass is 16.5. The summed E-state index contributed by atoms with van der Waals surface area (Å²) in [4.78, 5) is 22.8. The zero-order valence-electron chi connectivity index (χ0n) is 28.3. The first kappa shape index (κ1) is 36.5. The molecular formula is C42H54O4. The van der Waals surface area contributed by atoms with Gasteiger partial charge >= 0.3 is 11.9 Å². The summed E-state index contributed by atoms with van der Waals surface area (Å²) >= 11 is 0. The molecule has 3 rings (SSSR count). The molecule has 0 saturated heterocycles. The molecule has 0 unspecified atom stereocenters. The van der Waals surface area contributed by atoms with E-state index in [-0.39, 0.29) is 11.9 Å². The Hall–Kier alpha value is -3.92. The number of unbranched alkanes of at least 4 members (excludes halogenated alkanes) is 6. The van der Waals surface area contributed by atoms with E-state index in [1.807, 2.05) is 0 Å². The summed E-state index contributed by atoms with van der Waals surface area (Å²) in [6.07, 6.45) is 15.0. The summed E-state index contributed by atoms with van der Waals surface area (Å²) in [5, 5.41) is 0. The van der Waals surface area contributed by atoms with Crippen LogP contribution in [0.3, 0.4) is 0 Å². The predicted octanol–water partition coefficient (Wildman–Crippen LogP) is 9.70. The number of hydrogen-bond donors (Lipinski definition) is 0. The molecule has 4 heteroatoms. The molecule has 0 amide bonds. The van der Waals surface area contributed by atoms with E-state index < -0.39 is 0 Å². The van der Waals surface area contributed by atoms with E-state index in [1.54, 1.807) is 13.8 Å². The minimum absolute atomic E-state index is 0.288. The highest BCUT2D eigenvalue weighted by molar-refractivity contribution is 5.87. The Balaban J connectivity index is 1.25. The lowest BCUT2D eigenvalue weighted by Gasteiger charge is -2.08. The number of ether oxygens (including phenoxy) is 2. The Bertz CT molecular complexity index is 1240. The van der Waals surface area contributed by atoms with Crippen molar-refractivity contribution in [3.63, 3.8) is 0 Å². The van der Waals surface area contributed by atoms with Crippen molar-refractivity contribution in [3.8, 4) is 0 Å². The van der Waals surface area contributed by atoms with Gasteiger partial charge in [0.15, 0.2) is 0 Å². The fourth-order valence-electron chi connectivity index (χ4n) is 5.34. The molecule has 0 aromatic heterocycles. The first-order valence-electron chi connectivity index (χ1n) is 17.2. The van der Waals surface area contributed by atoms with E-state index in [2.05, 4.69) is 86.0 Å². The van der Waals surface area contributed by atoms with Crippen molar-refractivity contribution in [1.29, 1.82) is 0 Å². The van der Waals surface area contributed by atoms with Gasteiger partial charge in [-0.05, 0) is 111 Å². The maximum Gasteiger partial charge on any atom is 0.333 e. The maximum atomic E-state index is 11.4. The summed E-state index contributed by atoms with van der Waals surface area (Å²) in [6, 6.07) is 27.4. The van der Waals surface area contributed by atoms with Gasteiger partial charge in [-0.2, -0.15) is 0 Å². The number of benzene rings is 3. The number of aryl methyl sites for hydroxylation is 6. The van der Waals surface area contributed by atoms with Crippen LogP contribution in [0.15, 0.2) is 97.1 Å². The lowest BCUT2D eigenvalue weighted by molar-refractivity contribution is -0.139. The van der Waals surface area contributed by atoms with E-state index in [0.717, 1.165) is 89.9 Å². The number of carbonyl (C=O) groups is 2. The summed E-state index contributed by atoms with van der Waals surface area (Å²) in [7, 11) is 0. The second kappa shape index (κ2) is 21.0. The summed E-state index contributed by atoms with van der Waals surface area (Å²) in [6.45, 7) is 11.5. The van der Waals surface area contributed by atoms with Gasteiger partial charge < -0.3 is 9.47 Å². The van der Waals surface area contributed by atoms with Crippen LogP contribution >= 0.6 is 0 Å². The lowest BCUT2D eigenvalue weighted by Crippen LogP contribution is -2.06. The molecule has 0 bridgehead atoms. The molecule has 0 aliphatic carbocycles. The second-order valence-corrected chi connectivity index (χ2v) is 12.6. The normalized spacial score (nSPS) is 10.8. The standard InChI is InChI=1S/C42H54O4/c1-33(2)41(43)45-31-11-7-5-9-13-35-15-19-37(20-16-35)23-25-39-27-29-40(30-28-39)26-24-38-21-17-36(18-22-38)14-10-6-8-12-32-46-42(44)34(3)4/h15-22,27-30H,1,3,5-14,23-26,31-32H2,2,4H3. The molecule has 4 nitrogen and oxygen atoms in total. The molecule has 0 spiro atoms. The average Bonchev–Trinajstić information content (AvgIpc) is 3.06. The molecule has 0 N–H and O–H groups in total. The molecule has 0 saturated carbocycles. The quantitative estimate of drug-likeness (QED) is 0.0636. The molecule has 46 heavy (non-hydrogen) atoms. The second-order valence-electron chi connectivity index (χ2n) is 12.6. The highest BCUT2D eigenvalue weighted by Crippen LogP contribution is 2.16. The third-order valence-corrected chi connectivity index (χ3v) is 8.36. The van der Waals surface area contributed by atoms with Crippen molar-refractivity contribution in [2.24, 2.45) is 0 Å². The van der Waals surface area contributed by atoms with Gasteiger partial charge in [0.1, 0.15) is 0 Å². The van der Waals surface area contributed by atoms with E-state index in [4.69, 9.17) is 9.47 Å². The fourth-order valence-corrected chi connectivity index (χ4v) is 5.34. The fraction of sp³-hybridized carbons (Fsp3) is 0.429. The smallest absolute Gasteiger partial charge is 0.333 e. The van der Waals surface area contributed by atoms with Crippen molar-refractivity contribution in [2.75, 3.05) is 13.2 Å². The van der Waals surface area contributed by atoms with E-state index >= 15 is 0 Å². The van der Waals surface area contributed by atoms with Crippen molar-refractivity contribution in [3.05, 3.63) is 130 Å². The molecule has 0 fully saturated rings. The van der Waals surface area contributed by atoms with Gasteiger partial charge in [0.2, 0.25) is 0 Å². The molecule has 0 aliphatic heterocycles. The number of rotatable bonds is 22. The third-order valence-electron chi connectivity index (χ3n) is 8.36. The van der Waals surface area contributed by atoms with Gasteiger partial charge in [0.05, 0.1) is 13.2 Å². The van der Waals surface area contributed by atoms with Crippen molar-refractivity contribution < 1.29 is 19.1 Å². The molecule has 0 aliphatic rings. The molecule has 0 radical (unpaired) electrons. The monoisotopic (exact) mass is 622 g/mol. The van der Waals surface area contributed by atoms with Crippen LogP contribution in [0.4, 0.5) is 0 Å². The summed E-state index contributed by atoms with van der Waals surface area (Å²) in [5.74, 6) is -0.576. The van der Waals surface area contributed by atoms with E-state index in [9.17, 15) is 9.59 Å². The van der Waals surface area contributed by atoms with Crippen LogP contribution < -0.4 is 0 Å². The van der Waals surface area contributed by atoms with Gasteiger partial charge in [-0.25, -0.2) is 9.59 Å². The highest BCUT2D eigenvalue weighted by Gasteiger charge is 2.04. The first-order valence-corrected chi connectivity index (χ1v) is 17.2. The van der Waals surface area contributed by atoms with E-state index in [1.165, 1.54) is 33.4 Å². The summed E-state index contributed by atoms with van der Waals surface area (Å²) in [5.41, 5.74) is 9.26. The Morgan fingerprint density at radius 1 is 0.413 bits per heavy atom. The molecule has 0 atom stereocenters. The maximum absolute atomic E-state index is 11.4. The predicted molar refractivity (Wildman–Crippen MR) is 190 cm³/mol. The van der Waals surface area contributed by atoms with Crippen LogP contribution in [-0.4, -0.2) is 25.2 Å². The lowest BCUT2D eigenvalue weighted by atomic mass is 9.98.